The Balaban J connectivity index is 1.63. The first-order chi connectivity index (χ1) is 9.36. The van der Waals surface area contributed by atoms with Gasteiger partial charge < -0.3 is 4.74 Å². The van der Waals surface area contributed by atoms with Crippen molar-refractivity contribution in [1.29, 1.82) is 0 Å². The molecule has 0 radical (unpaired) electrons. The fourth-order valence-corrected chi connectivity index (χ4v) is 1.95. The van der Waals surface area contributed by atoms with Gasteiger partial charge in [0.15, 0.2) is 0 Å². The SMILES string of the molecule is C=C(CCOCCc1ccccc1)c1ccccc1. The largest absolute Gasteiger partial charge is 0.381 e. The van der Waals surface area contributed by atoms with Crippen LogP contribution in [0.2, 0.25) is 0 Å². The van der Waals surface area contributed by atoms with Crippen LogP contribution in [0, 0.1) is 0 Å². The normalized spacial score (nSPS) is 10.3. The van der Waals surface area contributed by atoms with Crippen LogP contribution in [-0.2, 0) is 11.2 Å². The molecule has 0 aromatic heterocycles. The molecule has 0 saturated carbocycles. The van der Waals surface area contributed by atoms with Crippen molar-refractivity contribution in [2.24, 2.45) is 0 Å². The van der Waals surface area contributed by atoms with E-state index < -0.39 is 0 Å². The number of hydrogen-bond acceptors (Lipinski definition) is 1. The van der Waals surface area contributed by atoms with Crippen molar-refractivity contribution in [2.75, 3.05) is 13.2 Å². The van der Waals surface area contributed by atoms with Crippen molar-refractivity contribution < 1.29 is 4.74 Å². The molecule has 2 rings (SSSR count). The highest BCUT2D eigenvalue weighted by Gasteiger charge is 1.98. The van der Waals surface area contributed by atoms with Crippen LogP contribution in [0.4, 0.5) is 0 Å². The van der Waals surface area contributed by atoms with Crippen molar-refractivity contribution in [1.82, 2.24) is 0 Å². The predicted octanol–water partition coefficient (Wildman–Crippen LogP) is 4.35. The summed E-state index contributed by atoms with van der Waals surface area (Å²) in [4.78, 5) is 0. The van der Waals surface area contributed by atoms with E-state index in [1.54, 1.807) is 0 Å². The summed E-state index contributed by atoms with van der Waals surface area (Å²) in [5, 5.41) is 0. The van der Waals surface area contributed by atoms with Crippen molar-refractivity contribution >= 4 is 5.57 Å². The molecular formula is C18H20O. The van der Waals surface area contributed by atoms with E-state index in [2.05, 4.69) is 43.0 Å². The summed E-state index contributed by atoms with van der Waals surface area (Å²) >= 11 is 0. The third-order valence-electron chi connectivity index (χ3n) is 3.11. The van der Waals surface area contributed by atoms with E-state index in [4.69, 9.17) is 4.74 Å². The van der Waals surface area contributed by atoms with Crippen molar-refractivity contribution in [3.05, 3.63) is 78.4 Å². The molecule has 0 aliphatic heterocycles. The average Bonchev–Trinajstić information content (AvgIpc) is 2.49. The zero-order chi connectivity index (χ0) is 13.3. The maximum Gasteiger partial charge on any atom is 0.0506 e. The van der Waals surface area contributed by atoms with Gasteiger partial charge in [-0.15, -0.1) is 0 Å². The number of rotatable bonds is 7. The lowest BCUT2D eigenvalue weighted by molar-refractivity contribution is 0.143. The topological polar surface area (TPSA) is 9.23 Å². The van der Waals surface area contributed by atoms with Gasteiger partial charge in [-0.3, -0.25) is 0 Å². The van der Waals surface area contributed by atoms with Crippen LogP contribution >= 0.6 is 0 Å². The van der Waals surface area contributed by atoms with Gasteiger partial charge in [0.2, 0.25) is 0 Å². The minimum atomic E-state index is 0.737. The molecule has 0 N–H and O–H groups in total. The van der Waals surface area contributed by atoms with Crippen LogP contribution in [0.25, 0.3) is 5.57 Å². The summed E-state index contributed by atoms with van der Waals surface area (Å²) in [5.41, 5.74) is 3.67. The van der Waals surface area contributed by atoms with Crippen LogP contribution < -0.4 is 0 Å². The summed E-state index contributed by atoms with van der Waals surface area (Å²) in [5.74, 6) is 0. The molecule has 0 bridgehead atoms. The van der Waals surface area contributed by atoms with Crippen LogP contribution in [0.3, 0.4) is 0 Å². The third-order valence-corrected chi connectivity index (χ3v) is 3.11. The highest BCUT2D eigenvalue weighted by molar-refractivity contribution is 5.62. The van der Waals surface area contributed by atoms with E-state index in [1.807, 2.05) is 24.3 Å². The van der Waals surface area contributed by atoms with Crippen LogP contribution in [0.1, 0.15) is 17.5 Å². The Morgan fingerprint density at radius 1 is 0.842 bits per heavy atom. The second-order valence-corrected chi connectivity index (χ2v) is 4.57. The first kappa shape index (κ1) is 13.6. The molecule has 0 aliphatic rings. The smallest absolute Gasteiger partial charge is 0.0506 e. The molecule has 0 aliphatic carbocycles. The standard InChI is InChI=1S/C18H20O/c1-16(18-10-6-3-7-11-18)12-14-19-15-13-17-8-4-2-5-9-17/h2-11H,1,12-15H2. The Bertz CT molecular complexity index is 488. The quantitative estimate of drug-likeness (QED) is 0.666. The highest BCUT2D eigenvalue weighted by Crippen LogP contribution is 2.15. The van der Waals surface area contributed by atoms with Gasteiger partial charge in [0.05, 0.1) is 13.2 Å². The molecule has 0 saturated heterocycles. The maximum absolute atomic E-state index is 5.67. The van der Waals surface area contributed by atoms with Gasteiger partial charge in [-0.05, 0) is 29.5 Å². The Labute approximate surface area is 115 Å². The molecular weight excluding hydrogens is 232 g/mol. The first-order valence-electron chi connectivity index (χ1n) is 6.71. The number of benzene rings is 2. The molecule has 2 aromatic carbocycles. The molecule has 1 nitrogen and oxygen atoms in total. The number of ether oxygens (including phenoxy) is 1. The fourth-order valence-electron chi connectivity index (χ4n) is 1.95. The molecule has 0 heterocycles. The lowest BCUT2D eigenvalue weighted by Gasteiger charge is -2.07. The average molecular weight is 252 g/mol. The molecule has 1 heteroatoms. The van der Waals surface area contributed by atoms with Crippen molar-refractivity contribution in [3.8, 4) is 0 Å². The van der Waals surface area contributed by atoms with Crippen molar-refractivity contribution in [3.63, 3.8) is 0 Å². The Kier molecular flexibility index (Phi) is 5.39. The molecule has 0 spiro atoms. The van der Waals surface area contributed by atoms with Gasteiger partial charge >= 0.3 is 0 Å². The molecule has 2 aromatic rings. The Morgan fingerprint density at radius 2 is 1.47 bits per heavy atom. The molecule has 19 heavy (non-hydrogen) atoms. The van der Waals surface area contributed by atoms with E-state index in [9.17, 15) is 0 Å². The zero-order valence-corrected chi connectivity index (χ0v) is 11.2. The van der Waals surface area contributed by atoms with E-state index in [0.717, 1.165) is 31.6 Å². The molecule has 98 valence electrons. The zero-order valence-electron chi connectivity index (χ0n) is 11.2. The second kappa shape index (κ2) is 7.55. The van der Waals surface area contributed by atoms with Gasteiger partial charge in [-0.2, -0.15) is 0 Å². The van der Waals surface area contributed by atoms with Gasteiger partial charge in [0.1, 0.15) is 0 Å². The lowest BCUT2D eigenvalue weighted by atomic mass is 10.1. The second-order valence-electron chi connectivity index (χ2n) is 4.57. The van der Waals surface area contributed by atoms with Crippen molar-refractivity contribution in [2.45, 2.75) is 12.8 Å². The predicted molar refractivity (Wildman–Crippen MR) is 81.1 cm³/mol. The minimum Gasteiger partial charge on any atom is -0.381 e. The summed E-state index contributed by atoms with van der Waals surface area (Å²) in [6.45, 7) is 5.61. The van der Waals surface area contributed by atoms with Crippen LogP contribution in [-0.4, -0.2) is 13.2 Å². The molecule has 0 fully saturated rings. The third kappa shape index (κ3) is 4.72. The van der Waals surface area contributed by atoms with Gasteiger partial charge in [-0.25, -0.2) is 0 Å². The molecule has 0 atom stereocenters. The van der Waals surface area contributed by atoms with Gasteiger partial charge in [0.25, 0.3) is 0 Å². The lowest BCUT2D eigenvalue weighted by Crippen LogP contribution is -2.01. The van der Waals surface area contributed by atoms with Gasteiger partial charge in [-0.1, -0.05) is 67.2 Å². The van der Waals surface area contributed by atoms with Gasteiger partial charge in [0, 0.05) is 0 Å². The summed E-state index contributed by atoms with van der Waals surface area (Å²) in [7, 11) is 0. The van der Waals surface area contributed by atoms with E-state index in [1.165, 1.54) is 11.1 Å². The number of hydrogen-bond donors (Lipinski definition) is 0. The fraction of sp³-hybridized carbons (Fsp3) is 0.222. The van der Waals surface area contributed by atoms with E-state index >= 15 is 0 Å². The van der Waals surface area contributed by atoms with E-state index in [-0.39, 0.29) is 0 Å². The highest BCUT2D eigenvalue weighted by atomic mass is 16.5. The van der Waals surface area contributed by atoms with Crippen LogP contribution in [0.5, 0.6) is 0 Å². The summed E-state index contributed by atoms with van der Waals surface area (Å²) in [6, 6.07) is 20.7. The molecule has 0 amide bonds. The van der Waals surface area contributed by atoms with Crippen LogP contribution in [0.15, 0.2) is 67.2 Å². The Morgan fingerprint density at radius 3 is 2.16 bits per heavy atom. The minimum absolute atomic E-state index is 0.737. The Hall–Kier alpha value is -1.86. The van der Waals surface area contributed by atoms with E-state index in [0.29, 0.717) is 0 Å². The monoisotopic (exact) mass is 252 g/mol. The first-order valence-corrected chi connectivity index (χ1v) is 6.71. The summed E-state index contributed by atoms with van der Waals surface area (Å²) in [6.07, 6.45) is 1.86. The molecule has 0 unspecified atom stereocenters. The summed E-state index contributed by atoms with van der Waals surface area (Å²) < 4.78 is 5.67. The maximum atomic E-state index is 5.67.